The first-order chi connectivity index (χ1) is 13.6. The molecule has 0 aromatic heterocycles. The molecule has 1 aromatic carbocycles. The van der Waals surface area contributed by atoms with Crippen molar-refractivity contribution < 1.29 is 19.5 Å². The number of aliphatic hydroxyl groups excluding tert-OH is 1. The molecule has 2 fully saturated rings. The van der Waals surface area contributed by atoms with E-state index in [1.807, 2.05) is 36.4 Å². The fourth-order valence-corrected chi connectivity index (χ4v) is 4.26. The second-order valence-corrected chi connectivity index (χ2v) is 7.80. The number of hydrogen-bond acceptors (Lipinski definition) is 5. The number of piperidine rings is 1. The van der Waals surface area contributed by atoms with Crippen molar-refractivity contribution in [1.82, 2.24) is 9.80 Å². The summed E-state index contributed by atoms with van der Waals surface area (Å²) in [5, 5.41) is 8.79. The zero-order valence-electron chi connectivity index (χ0n) is 15.6. The van der Waals surface area contributed by atoms with Gasteiger partial charge in [-0.2, -0.15) is 0 Å². The number of carbonyl (C=O) groups is 3. The summed E-state index contributed by atoms with van der Waals surface area (Å²) in [5.74, 6) is -0.668. The number of hydrogen-bond donors (Lipinski definition) is 1. The molecule has 2 aliphatic rings. The van der Waals surface area contributed by atoms with Crippen LogP contribution < -0.4 is 0 Å². The summed E-state index contributed by atoms with van der Waals surface area (Å²) in [7, 11) is 0. The molecule has 1 N–H and O–H groups in total. The van der Waals surface area contributed by atoms with E-state index in [1.165, 1.54) is 0 Å². The normalized spacial score (nSPS) is 21.9. The van der Waals surface area contributed by atoms with Crippen molar-refractivity contribution >= 4 is 34.9 Å². The Morgan fingerprint density at radius 2 is 2.00 bits per heavy atom. The van der Waals surface area contributed by atoms with Crippen LogP contribution in [0.2, 0.25) is 0 Å². The van der Waals surface area contributed by atoms with Crippen molar-refractivity contribution in [3.8, 4) is 0 Å². The molecule has 2 heterocycles. The fourth-order valence-electron chi connectivity index (χ4n) is 3.47. The molecule has 7 heteroatoms. The van der Waals surface area contributed by atoms with Gasteiger partial charge in [0.15, 0.2) is 0 Å². The number of carbonyl (C=O) groups excluding carboxylic acids is 3. The highest BCUT2D eigenvalue weighted by molar-refractivity contribution is 8.18. The van der Waals surface area contributed by atoms with E-state index in [0.717, 1.165) is 41.5 Å². The van der Waals surface area contributed by atoms with Crippen molar-refractivity contribution in [2.45, 2.75) is 31.7 Å². The quantitative estimate of drug-likeness (QED) is 0.743. The van der Waals surface area contributed by atoms with Crippen LogP contribution in [0.25, 0.3) is 6.08 Å². The number of thioether (sulfide) groups is 1. The number of allylic oxidation sites excluding steroid dienone is 2. The van der Waals surface area contributed by atoms with Crippen LogP contribution >= 0.6 is 11.8 Å². The maximum atomic E-state index is 12.7. The molecule has 28 heavy (non-hydrogen) atoms. The Labute approximate surface area is 168 Å². The van der Waals surface area contributed by atoms with Crippen LogP contribution in [-0.4, -0.2) is 57.7 Å². The van der Waals surface area contributed by atoms with Crippen molar-refractivity contribution in [2.75, 3.05) is 19.7 Å². The van der Waals surface area contributed by atoms with E-state index in [-0.39, 0.29) is 25.1 Å². The number of rotatable bonds is 6. The average molecular weight is 401 g/mol. The maximum Gasteiger partial charge on any atom is 0.294 e. The van der Waals surface area contributed by atoms with Crippen LogP contribution in [-0.2, 0) is 9.59 Å². The van der Waals surface area contributed by atoms with Gasteiger partial charge in [-0.05, 0) is 49.1 Å². The molecule has 3 rings (SSSR count). The average Bonchev–Trinajstić information content (AvgIpc) is 2.97. The van der Waals surface area contributed by atoms with E-state index in [1.54, 1.807) is 17.1 Å². The first-order valence-electron chi connectivity index (χ1n) is 9.47. The lowest BCUT2D eigenvalue weighted by molar-refractivity contribution is -0.139. The van der Waals surface area contributed by atoms with Gasteiger partial charge >= 0.3 is 0 Å². The van der Waals surface area contributed by atoms with Crippen molar-refractivity contribution in [3.05, 3.63) is 53.0 Å². The number of benzene rings is 1. The Kier molecular flexibility index (Phi) is 7.06. The monoisotopic (exact) mass is 400 g/mol. The summed E-state index contributed by atoms with van der Waals surface area (Å²) in [6, 6.07) is 9.63. The summed E-state index contributed by atoms with van der Waals surface area (Å²) in [6.07, 6.45) is 8.49. The summed E-state index contributed by atoms with van der Waals surface area (Å²) in [5.41, 5.74) is 0.994. The van der Waals surface area contributed by atoms with Gasteiger partial charge in [0.2, 0.25) is 5.91 Å². The zero-order chi connectivity index (χ0) is 19.9. The fraction of sp³-hybridized carbons (Fsp3) is 0.381. The molecule has 3 amide bonds. The number of amides is 3. The highest BCUT2D eigenvalue weighted by atomic mass is 32.2. The van der Waals surface area contributed by atoms with Gasteiger partial charge in [0.1, 0.15) is 6.54 Å². The van der Waals surface area contributed by atoms with Crippen LogP contribution in [0, 0.1) is 0 Å². The molecular formula is C21H24N2O4S. The summed E-state index contributed by atoms with van der Waals surface area (Å²) >= 11 is 0.853. The Bertz CT molecular complexity index is 789. The Balaban J connectivity index is 1.64. The van der Waals surface area contributed by atoms with Gasteiger partial charge in [0.05, 0.1) is 4.91 Å². The van der Waals surface area contributed by atoms with Gasteiger partial charge < -0.3 is 10.0 Å². The predicted molar refractivity (Wildman–Crippen MR) is 109 cm³/mol. The van der Waals surface area contributed by atoms with E-state index in [9.17, 15) is 19.5 Å². The number of likely N-dealkylation sites (tertiary alicyclic amines) is 1. The SMILES string of the molecule is O=C1S/C(=C\C=C\c2ccccc2)C(=O)N1CC(=O)N1CCCC[C@H]1CCO. The van der Waals surface area contributed by atoms with Gasteiger partial charge in [0.25, 0.3) is 11.1 Å². The minimum atomic E-state index is -0.434. The highest BCUT2D eigenvalue weighted by Crippen LogP contribution is 2.31. The molecule has 0 unspecified atom stereocenters. The minimum Gasteiger partial charge on any atom is -0.396 e. The Hall–Kier alpha value is -2.38. The Morgan fingerprint density at radius 1 is 1.21 bits per heavy atom. The van der Waals surface area contributed by atoms with E-state index in [2.05, 4.69) is 0 Å². The molecule has 1 aromatic rings. The number of aliphatic hydroxyl groups is 1. The molecule has 6 nitrogen and oxygen atoms in total. The summed E-state index contributed by atoms with van der Waals surface area (Å²) < 4.78 is 0. The van der Waals surface area contributed by atoms with Gasteiger partial charge in [-0.25, -0.2) is 0 Å². The molecule has 2 saturated heterocycles. The van der Waals surface area contributed by atoms with Crippen LogP contribution in [0.15, 0.2) is 47.4 Å². The van der Waals surface area contributed by atoms with Gasteiger partial charge in [-0.3, -0.25) is 19.3 Å². The van der Waals surface area contributed by atoms with E-state index >= 15 is 0 Å². The third-order valence-corrected chi connectivity index (χ3v) is 5.84. The van der Waals surface area contributed by atoms with Crippen LogP contribution in [0.1, 0.15) is 31.2 Å². The maximum absolute atomic E-state index is 12.7. The van der Waals surface area contributed by atoms with Crippen molar-refractivity contribution in [3.63, 3.8) is 0 Å². The Morgan fingerprint density at radius 3 is 2.75 bits per heavy atom. The first-order valence-corrected chi connectivity index (χ1v) is 10.3. The topological polar surface area (TPSA) is 77.9 Å². The van der Waals surface area contributed by atoms with Crippen LogP contribution in [0.5, 0.6) is 0 Å². The highest BCUT2D eigenvalue weighted by Gasteiger charge is 2.38. The molecular weight excluding hydrogens is 376 g/mol. The molecule has 0 bridgehead atoms. The second kappa shape index (κ2) is 9.71. The molecule has 0 saturated carbocycles. The lowest BCUT2D eigenvalue weighted by atomic mass is 9.99. The largest absolute Gasteiger partial charge is 0.396 e. The van der Waals surface area contributed by atoms with E-state index in [4.69, 9.17) is 0 Å². The van der Waals surface area contributed by atoms with Crippen molar-refractivity contribution in [2.24, 2.45) is 0 Å². The van der Waals surface area contributed by atoms with E-state index in [0.29, 0.717) is 17.9 Å². The number of imide groups is 1. The standard InChI is InChI=1S/C21H24N2O4S/c24-14-12-17-10-4-5-13-22(17)19(25)15-23-20(26)18(28-21(23)27)11-6-9-16-7-2-1-3-8-16/h1-3,6-9,11,17,24H,4-5,10,12-15H2/b9-6+,18-11-/t17-/m0/s1. The van der Waals surface area contributed by atoms with Crippen LogP contribution in [0.3, 0.4) is 0 Å². The smallest absolute Gasteiger partial charge is 0.294 e. The molecule has 2 aliphatic heterocycles. The van der Waals surface area contributed by atoms with E-state index < -0.39 is 11.1 Å². The molecule has 0 spiro atoms. The van der Waals surface area contributed by atoms with Gasteiger partial charge in [-0.1, -0.05) is 42.5 Å². The van der Waals surface area contributed by atoms with Crippen LogP contribution in [0.4, 0.5) is 4.79 Å². The first kappa shape index (κ1) is 20.4. The molecule has 1 atom stereocenters. The predicted octanol–water partition coefficient (Wildman–Crippen LogP) is 3.04. The lowest BCUT2D eigenvalue weighted by Gasteiger charge is -2.36. The minimum absolute atomic E-state index is 0.0180. The summed E-state index contributed by atoms with van der Waals surface area (Å²) in [6.45, 7) is 0.383. The van der Waals surface area contributed by atoms with Crippen molar-refractivity contribution in [1.29, 1.82) is 0 Å². The molecule has 148 valence electrons. The van der Waals surface area contributed by atoms with Gasteiger partial charge in [0, 0.05) is 19.2 Å². The molecule has 0 aliphatic carbocycles. The molecule has 0 radical (unpaired) electrons. The second-order valence-electron chi connectivity index (χ2n) is 6.81. The zero-order valence-corrected chi connectivity index (χ0v) is 16.4. The third-order valence-electron chi connectivity index (χ3n) is 4.91. The lowest BCUT2D eigenvalue weighted by Crippen LogP contribution is -2.49. The third kappa shape index (κ3) is 4.91. The number of nitrogens with zero attached hydrogens (tertiary/aromatic N) is 2. The summed E-state index contributed by atoms with van der Waals surface area (Å²) in [4.78, 5) is 40.5. The van der Waals surface area contributed by atoms with Gasteiger partial charge in [-0.15, -0.1) is 0 Å².